The third-order valence-electron chi connectivity index (χ3n) is 4.34. The van der Waals surface area contributed by atoms with E-state index in [1.807, 2.05) is 12.1 Å². The topological polar surface area (TPSA) is 87.3 Å². The van der Waals surface area contributed by atoms with Crippen LogP contribution in [0.2, 0.25) is 0 Å². The van der Waals surface area contributed by atoms with Gasteiger partial charge in [-0.2, -0.15) is 0 Å². The fraction of sp³-hybridized carbons (Fsp3) is 0.100. The standard InChI is InChI=1S/C20H14ClN3O4/c1-26-13-7-3-11(4-8-13)15-17-19(24-28-23-17)16(22-18(15)20(21)25)12-5-9-14(27-2)10-6-12/h3-10H,1-2H3. The van der Waals surface area contributed by atoms with Crippen LogP contribution in [0, 0.1) is 0 Å². The summed E-state index contributed by atoms with van der Waals surface area (Å²) in [6, 6.07) is 14.3. The highest BCUT2D eigenvalue weighted by molar-refractivity contribution is 6.68. The van der Waals surface area contributed by atoms with Crippen molar-refractivity contribution in [2.75, 3.05) is 14.2 Å². The van der Waals surface area contributed by atoms with Crippen molar-refractivity contribution in [3.05, 3.63) is 54.2 Å². The zero-order valence-electron chi connectivity index (χ0n) is 15.0. The van der Waals surface area contributed by atoms with Crippen LogP contribution in [0.4, 0.5) is 0 Å². The number of pyridine rings is 1. The van der Waals surface area contributed by atoms with Crippen LogP contribution >= 0.6 is 11.6 Å². The van der Waals surface area contributed by atoms with Crippen LogP contribution in [0.25, 0.3) is 33.4 Å². The molecule has 0 fully saturated rings. The molecule has 7 nitrogen and oxygen atoms in total. The van der Waals surface area contributed by atoms with Gasteiger partial charge in [-0.15, -0.1) is 0 Å². The molecule has 0 aliphatic rings. The Labute approximate surface area is 164 Å². The molecule has 2 aromatic heterocycles. The summed E-state index contributed by atoms with van der Waals surface area (Å²) in [4.78, 5) is 16.7. The van der Waals surface area contributed by atoms with E-state index >= 15 is 0 Å². The molecule has 140 valence electrons. The average molecular weight is 396 g/mol. The first-order chi connectivity index (χ1) is 13.6. The van der Waals surface area contributed by atoms with Crippen LogP contribution in [0.5, 0.6) is 11.5 Å². The highest BCUT2D eigenvalue weighted by atomic mass is 35.5. The Morgan fingerprint density at radius 3 is 1.93 bits per heavy atom. The van der Waals surface area contributed by atoms with Gasteiger partial charge in [0.1, 0.15) is 28.4 Å². The SMILES string of the molecule is COc1ccc(-c2nc(C(=O)Cl)c(-c3ccc(OC)cc3)c3nonc23)cc1. The van der Waals surface area contributed by atoms with Crippen molar-refractivity contribution in [3.63, 3.8) is 0 Å². The van der Waals surface area contributed by atoms with Crippen LogP contribution in [-0.4, -0.2) is 34.8 Å². The molecule has 4 aromatic rings. The van der Waals surface area contributed by atoms with E-state index in [9.17, 15) is 4.79 Å². The number of aromatic nitrogens is 3. The van der Waals surface area contributed by atoms with Crippen molar-refractivity contribution in [1.82, 2.24) is 15.3 Å². The number of hydrogen-bond donors (Lipinski definition) is 0. The largest absolute Gasteiger partial charge is 0.497 e. The van der Waals surface area contributed by atoms with Crippen LogP contribution in [0.15, 0.2) is 53.2 Å². The first-order valence-corrected chi connectivity index (χ1v) is 8.65. The monoisotopic (exact) mass is 395 g/mol. The zero-order valence-corrected chi connectivity index (χ0v) is 15.7. The number of hydrogen-bond acceptors (Lipinski definition) is 7. The molecule has 4 rings (SSSR count). The van der Waals surface area contributed by atoms with Gasteiger partial charge >= 0.3 is 0 Å². The Balaban J connectivity index is 1.97. The fourth-order valence-electron chi connectivity index (χ4n) is 2.96. The number of nitrogens with zero attached hydrogens (tertiary/aromatic N) is 3. The van der Waals surface area contributed by atoms with Gasteiger partial charge < -0.3 is 9.47 Å². The van der Waals surface area contributed by atoms with E-state index in [0.717, 1.165) is 5.56 Å². The molecule has 2 aromatic carbocycles. The number of benzene rings is 2. The lowest BCUT2D eigenvalue weighted by Gasteiger charge is -2.10. The van der Waals surface area contributed by atoms with Crippen molar-refractivity contribution in [2.45, 2.75) is 0 Å². The molecule has 8 heteroatoms. The first-order valence-electron chi connectivity index (χ1n) is 8.27. The minimum atomic E-state index is -0.703. The fourth-order valence-corrected chi connectivity index (χ4v) is 3.10. The molecule has 0 amide bonds. The second kappa shape index (κ2) is 7.28. The molecular weight excluding hydrogens is 382 g/mol. The normalized spacial score (nSPS) is 10.8. The van der Waals surface area contributed by atoms with Crippen LogP contribution in [0.3, 0.4) is 0 Å². The van der Waals surface area contributed by atoms with Gasteiger partial charge in [-0.25, -0.2) is 9.61 Å². The summed E-state index contributed by atoms with van der Waals surface area (Å²) in [6.45, 7) is 0. The van der Waals surface area contributed by atoms with E-state index in [-0.39, 0.29) is 5.69 Å². The number of carbonyl (C=O) groups is 1. The van der Waals surface area contributed by atoms with E-state index in [4.69, 9.17) is 25.7 Å². The number of carbonyl (C=O) groups excluding carboxylic acids is 1. The van der Waals surface area contributed by atoms with Gasteiger partial charge in [0.2, 0.25) is 0 Å². The minimum absolute atomic E-state index is 0.0702. The molecular formula is C20H14ClN3O4. The number of fused-ring (bicyclic) bond motifs is 1. The quantitative estimate of drug-likeness (QED) is 0.464. The molecule has 0 aliphatic carbocycles. The second-order valence-corrected chi connectivity index (χ2v) is 6.22. The lowest BCUT2D eigenvalue weighted by Crippen LogP contribution is -2.02. The summed E-state index contributed by atoms with van der Waals surface area (Å²) in [5, 5.41) is 7.30. The molecule has 0 atom stereocenters. The Hall–Kier alpha value is -3.45. The zero-order chi connectivity index (χ0) is 19.7. The van der Waals surface area contributed by atoms with Gasteiger partial charge in [-0.05, 0) is 63.9 Å². The molecule has 0 bridgehead atoms. The second-order valence-electron chi connectivity index (χ2n) is 5.88. The summed E-state index contributed by atoms with van der Waals surface area (Å²) in [7, 11) is 3.16. The molecule has 0 radical (unpaired) electrons. The third-order valence-corrected chi connectivity index (χ3v) is 4.52. The van der Waals surface area contributed by atoms with E-state index in [2.05, 4.69) is 15.3 Å². The lowest BCUT2D eigenvalue weighted by molar-refractivity contribution is 0.107. The Bertz CT molecular complexity index is 1150. The molecule has 0 saturated carbocycles. The van der Waals surface area contributed by atoms with Crippen LogP contribution in [-0.2, 0) is 0 Å². The maximum atomic E-state index is 12.2. The molecule has 0 spiro atoms. The first kappa shape index (κ1) is 17.9. The number of halogens is 1. The van der Waals surface area contributed by atoms with Crippen molar-refractivity contribution in [3.8, 4) is 33.9 Å². The molecule has 0 unspecified atom stereocenters. The lowest BCUT2D eigenvalue weighted by atomic mass is 10.00. The maximum absolute atomic E-state index is 12.2. The molecule has 2 heterocycles. The van der Waals surface area contributed by atoms with Gasteiger partial charge in [-0.3, -0.25) is 4.79 Å². The molecule has 0 aliphatic heterocycles. The van der Waals surface area contributed by atoms with Gasteiger partial charge in [0, 0.05) is 11.1 Å². The van der Waals surface area contributed by atoms with Crippen molar-refractivity contribution < 1.29 is 18.9 Å². The minimum Gasteiger partial charge on any atom is -0.497 e. The van der Waals surface area contributed by atoms with Crippen molar-refractivity contribution >= 4 is 27.9 Å². The van der Waals surface area contributed by atoms with Crippen molar-refractivity contribution in [2.24, 2.45) is 0 Å². The summed E-state index contributed by atoms with van der Waals surface area (Å²) in [5.41, 5.74) is 3.21. The third kappa shape index (κ3) is 3.05. The molecule has 28 heavy (non-hydrogen) atoms. The van der Waals surface area contributed by atoms with Crippen LogP contribution in [0.1, 0.15) is 10.5 Å². The van der Waals surface area contributed by atoms with Crippen molar-refractivity contribution in [1.29, 1.82) is 0 Å². The van der Waals surface area contributed by atoms with E-state index in [1.165, 1.54) is 0 Å². The van der Waals surface area contributed by atoms with E-state index < -0.39 is 5.24 Å². The highest BCUT2D eigenvalue weighted by Crippen LogP contribution is 2.36. The number of ether oxygens (including phenoxy) is 2. The predicted molar refractivity (Wildman–Crippen MR) is 104 cm³/mol. The number of methoxy groups -OCH3 is 2. The Morgan fingerprint density at radius 2 is 1.39 bits per heavy atom. The van der Waals surface area contributed by atoms with Gasteiger partial charge in [0.25, 0.3) is 5.24 Å². The highest BCUT2D eigenvalue weighted by Gasteiger charge is 2.24. The predicted octanol–water partition coefficient (Wildman–Crippen LogP) is 4.35. The van der Waals surface area contributed by atoms with E-state index in [0.29, 0.717) is 39.4 Å². The number of rotatable bonds is 5. The van der Waals surface area contributed by atoms with Gasteiger partial charge in [0.15, 0.2) is 5.52 Å². The molecule has 0 N–H and O–H groups in total. The summed E-state index contributed by atoms with van der Waals surface area (Å²) >= 11 is 5.87. The van der Waals surface area contributed by atoms with Gasteiger partial charge in [0.05, 0.1) is 14.2 Å². The smallest absolute Gasteiger partial charge is 0.271 e. The van der Waals surface area contributed by atoms with E-state index in [1.54, 1.807) is 50.6 Å². The van der Waals surface area contributed by atoms with Crippen LogP contribution < -0.4 is 9.47 Å². The summed E-state index contributed by atoms with van der Waals surface area (Å²) < 4.78 is 15.3. The maximum Gasteiger partial charge on any atom is 0.271 e. The Kier molecular flexibility index (Phi) is 4.67. The average Bonchev–Trinajstić information content (AvgIpc) is 3.22. The van der Waals surface area contributed by atoms with Gasteiger partial charge in [-0.1, -0.05) is 12.1 Å². The summed E-state index contributed by atoms with van der Waals surface area (Å²) in [6.07, 6.45) is 0. The molecule has 0 saturated heterocycles. The summed E-state index contributed by atoms with van der Waals surface area (Å²) in [5.74, 6) is 1.38. The Morgan fingerprint density at radius 1 is 0.857 bits per heavy atom.